The van der Waals surface area contributed by atoms with Crippen molar-refractivity contribution < 1.29 is 7.87 Å². The van der Waals surface area contributed by atoms with Gasteiger partial charge in [0.25, 0.3) is 0 Å². The molecule has 0 amide bonds. The first-order chi connectivity index (χ1) is 13.9. The van der Waals surface area contributed by atoms with Gasteiger partial charge in [0.15, 0.2) is 0 Å². The minimum atomic E-state index is -3.06. The Morgan fingerprint density at radius 3 is 1.17 bits per heavy atom. The van der Waals surface area contributed by atoms with E-state index >= 15 is 0 Å². The predicted molar refractivity (Wildman–Crippen MR) is 132 cm³/mol. The number of unbranched alkanes of at least 4 members (excludes halogenated alkanes) is 3. The third-order valence-corrected chi connectivity index (χ3v) is 20.3. The van der Waals surface area contributed by atoms with Crippen molar-refractivity contribution in [2.75, 3.05) is 0 Å². The van der Waals surface area contributed by atoms with Crippen molar-refractivity contribution in [3.05, 3.63) is 0 Å². The molecule has 0 aliphatic rings. The molecule has 0 rings (SSSR count). The van der Waals surface area contributed by atoms with Gasteiger partial charge in [-0.25, -0.2) is 0 Å². The van der Waals surface area contributed by atoms with Crippen molar-refractivity contribution in [2.45, 2.75) is 139 Å². The van der Waals surface area contributed by atoms with Gasteiger partial charge in [-0.1, -0.05) is 0 Å². The Labute approximate surface area is 188 Å². The minimum absolute atomic E-state index is 0.0156. The number of carbonyl (C=O) groups excluding carboxylic acids is 1. The molecule has 3 unspecified atom stereocenters. The molecular formula is C26H54O2Sn. The van der Waals surface area contributed by atoms with E-state index in [1.165, 1.54) is 90.4 Å². The molecule has 0 spiro atoms. The molecule has 0 heterocycles. The van der Waals surface area contributed by atoms with E-state index in [4.69, 9.17) is 3.07 Å². The molecule has 0 aliphatic heterocycles. The maximum absolute atomic E-state index is 12.3. The standard InChI is InChI=1S/3C8H17.C2H4O2.Sn/c3*1-4-6-7-8(3)5-2;1-2(3)4;/h3*8H,3-7H2,1-2H3;1H3,(H,3,4);/q;;;;+1/p-1. The number of hydrogen-bond donors (Lipinski definition) is 0. The number of carbonyl (C=O) groups is 1. The van der Waals surface area contributed by atoms with Crippen LogP contribution in [0.3, 0.4) is 0 Å². The summed E-state index contributed by atoms with van der Waals surface area (Å²) in [4.78, 5) is 12.3. The average molecular weight is 517 g/mol. The third kappa shape index (κ3) is 13.3. The van der Waals surface area contributed by atoms with Gasteiger partial charge in [0, 0.05) is 0 Å². The molecule has 0 fully saturated rings. The van der Waals surface area contributed by atoms with Gasteiger partial charge in [-0.2, -0.15) is 0 Å². The van der Waals surface area contributed by atoms with Crippen LogP contribution in [-0.4, -0.2) is 24.8 Å². The summed E-state index contributed by atoms with van der Waals surface area (Å²) in [6.45, 7) is 15.6. The van der Waals surface area contributed by atoms with Crippen molar-refractivity contribution in [3.8, 4) is 0 Å². The van der Waals surface area contributed by atoms with Crippen LogP contribution < -0.4 is 0 Å². The van der Waals surface area contributed by atoms with Crippen LogP contribution in [0.15, 0.2) is 0 Å². The van der Waals surface area contributed by atoms with E-state index < -0.39 is 18.8 Å². The molecule has 0 bridgehead atoms. The van der Waals surface area contributed by atoms with Gasteiger partial charge < -0.3 is 0 Å². The Morgan fingerprint density at radius 2 is 0.966 bits per heavy atom. The second-order valence-corrected chi connectivity index (χ2v) is 20.5. The van der Waals surface area contributed by atoms with Crippen molar-refractivity contribution in [1.29, 1.82) is 0 Å². The Hall–Kier alpha value is 0.269. The molecule has 0 saturated heterocycles. The first kappa shape index (κ1) is 29.3. The monoisotopic (exact) mass is 518 g/mol. The molecule has 0 radical (unpaired) electrons. The average Bonchev–Trinajstić information content (AvgIpc) is 2.70. The van der Waals surface area contributed by atoms with Crippen LogP contribution in [0.1, 0.15) is 126 Å². The fraction of sp³-hybridized carbons (Fsp3) is 0.962. The Balaban J connectivity index is 5.73. The molecule has 0 aromatic carbocycles. The molecule has 0 aliphatic carbocycles. The quantitative estimate of drug-likeness (QED) is 0.160. The van der Waals surface area contributed by atoms with Gasteiger partial charge >= 0.3 is 189 Å². The Morgan fingerprint density at radius 1 is 0.655 bits per heavy atom. The van der Waals surface area contributed by atoms with E-state index in [-0.39, 0.29) is 5.97 Å². The van der Waals surface area contributed by atoms with Crippen LogP contribution in [0.25, 0.3) is 0 Å². The van der Waals surface area contributed by atoms with Crippen molar-refractivity contribution in [3.63, 3.8) is 0 Å². The maximum atomic E-state index is 12.3. The van der Waals surface area contributed by atoms with E-state index in [1.807, 2.05) is 0 Å². The fourth-order valence-corrected chi connectivity index (χ4v) is 22.2. The molecule has 0 saturated carbocycles. The zero-order chi connectivity index (χ0) is 22.1. The summed E-state index contributed by atoms with van der Waals surface area (Å²) in [6.07, 6.45) is 15.5. The zero-order valence-electron chi connectivity index (χ0n) is 21.2. The second-order valence-electron chi connectivity index (χ2n) is 9.64. The SMILES string of the molecule is CCCCC(CC)[CH2][Sn]([CH2]C(CC)CCCC)([CH2]C(CC)CCCC)[O]C(C)=O. The molecule has 3 heteroatoms. The molecular weight excluding hydrogens is 463 g/mol. The zero-order valence-corrected chi connectivity index (χ0v) is 24.0. The van der Waals surface area contributed by atoms with Gasteiger partial charge in [0.1, 0.15) is 0 Å². The van der Waals surface area contributed by atoms with E-state index in [0.29, 0.717) is 0 Å². The second kappa shape index (κ2) is 17.9. The van der Waals surface area contributed by atoms with Gasteiger partial charge in [-0.05, 0) is 0 Å². The summed E-state index contributed by atoms with van der Waals surface area (Å²) < 4.78 is 10.4. The molecule has 174 valence electrons. The van der Waals surface area contributed by atoms with Crippen LogP contribution in [0.2, 0.25) is 13.3 Å². The molecule has 0 aromatic rings. The van der Waals surface area contributed by atoms with Crippen molar-refractivity contribution >= 4 is 24.8 Å². The van der Waals surface area contributed by atoms with E-state index in [9.17, 15) is 4.79 Å². The molecule has 2 nitrogen and oxygen atoms in total. The number of rotatable bonds is 19. The Kier molecular flexibility index (Phi) is 18.1. The van der Waals surface area contributed by atoms with E-state index in [0.717, 1.165) is 17.8 Å². The topological polar surface area (TPSA) is 26.3 Å². The normalized spacial score (nSPS) is 16.8. The van der Waals surface area contributed by atoms with Crippen LogP contribution in [0.4, 0.5) is 0 Å². The van der Waals surface area contributed by atoms with Gasteiger partial charge in [-0.15, -0.1) is 0 Å². The van der Waals surface area contributed by atoms with E-state index in [1.54, 1.807) is 6.92 Å². The molecule has 0 aromatic heterocycles. The van der Waals surface area contributed by atoms with Crippen LogP contribution in [-0.2, 0) is 7.87 Å². The van der Waals surface area contributed by atoms with Gasteiger partial charge in [0.05, 0.1) is 0 Å². The van der Waals surface area contributed by atoms with Crippen LogP contribution in [0.5, 0.6) is 0 Å². The van der Waals surface area contributed by atoms with E-state index in [2.05, 4.69) is 41.5 Å². The predicted octanol–water partition coefficient (Wildman–Crippen LogP) is 9.14. The summed E-state index contributed by atoms with van der Waals surface area (Å²) in [6, 6.07) is 0. The van der Waals surface area contributed by atoms with Gasteiger partial charge in [0.2, 0.25) is 0 Å². The summed E-state index contributed by atoms with van der Waals surface area (Å²) >= 11 is -3.06. The summed E-state index contributed by atoms with van der Waals surface area (Å²) in [5.41, 5.74) is 0. The number of hydrogen-bond acceptors (Lipinski definition) is 2. The Bertz CT molecular complexity index is 351. The van der Waals surface area contributed by atoms with Crippen molar-refractivity contribution in [1.82, 2.24) is 0 Å². The van der Waals surface area contributed by atoms with Crippen LogP contribution in [0, 0.1) is 17.8 Å². The molecule has 3 atom stereocenters. The summed E-state index contributed by atoms with van der Waals surface area (Å²) in [5, 5.41) is 0. The van der Waals surface area contributed by atoms with Gasteiger partial charge in [-0.3, -0.25) is 0 Å². The first-order valence-corrected chi connectivity index (χ1v) is 20.3. The molecule has 0 N–H and O–H groups in total. The third-order valence-electron chi connectivity index (χ3n) is 6.97. The first-order valence-electron chi connectivity index (χ1n) is 13.1. The van der Waals surface area contributed by atoms with Crippen LogP contribution >= 0.6 is 0 Å². The summed E-state index contributed by atoms with van der Waals surface area (Å²) in [5.74, 6) is 2.30. The van der Waals surface area contributed by atoms with Crippen molar-refractivity contribution in [2.24, 2.45) is 17.8 Å². The molecule has 29 heavy (non-hydrogen) atoms. The summed E-state index contributed by atoms with van der Waals surface area (Å²) in [7, 11) is 0. The fourth-order valence-electron chi connectivity index (χ4n) is 5.09.